The summed E-state index contributed by atoms with van der Waals surface area (Å²) in [4.78, 5) is 5.63. The Morgan fingerprint density at radius 1 is 1.50 bits per heavy atom. The molecule has 1 heterocycles. The van der Waals surface area contributed by atoms with Crippen LogP contribution in [0.5, 0.6) is 0 Å². The molecule has 1 N–H and O–H groups in total. The first-order valence-corrected chi connectivity index (χ1v) is 6.22. The molecule has 0 aliphatic carbocycles. The molecule has 1 rings (SSSR count). The van der Waals surface area contributed by atoms with Crippen LogP contribution in [0.3, 0.4) is 0 Å². The smallest absolute Gasteiger partial charge is 0.107 e. The highest BCUT2D eigenvalue weighted by Gasteiger charge is 2.05. The van der Waals surface area contributed by atoms with Gasteiger partial charge < -0.3 is 5.32 Å². The van der Waals surface area contributed by atoms with Crippen molar-refractivity contribution in [2.75, 3.05) is 0 Å². The highest BCUT2D eigenvalue weighted by Crippen LogP contribution is 2.11. The minimum atomic E-state index is 0.657. The number of thiazole rings is 1. The molecule has 0 saturated carbocycles. The summed E-state index contributed by atoms with van der Waals surface area (Å²) < 4.78 is 0. The van der Waals surface area contributed by atoms with Gasteiger partial charge >= 0.3 is 0 Å². The molecule has 0 spiro atoms. The van der Waals surface area contributed by atoms with Gasteiger partial charge in [-0.25, -0.2) is 4.98 Å². The van der Waals surface area contributed by atoms with E-state index in [2.05, 4.69) is 31.1 Å². The van der Waals surface area contributed by atoms with Crippen molar-refractivity contribution in [3.63, 3.8) is 0 Å². The lowest BCUT2D eigenvalue weighted by Crippen LogP contribution is -2.27. The first kappa shape index (κ1) is 11.7. The van der Waals surface area contributed by atoms with Crippen molar-refractivity contribution < 1.29 is 0 Å². The third-order valence-electron chi connectivity index (χ3n) is 2.34. The fourth-order valence-electron chi connectivity index (χ4n) is 1.51. The van der Waals surface area contributed by atoms with Crippen molar-refractivity contribution in [2.24, 2.45) is 0 Å². The van der Waals surface area contributed by atoms with Gasteiger partial charge in [0, 0.05) is 23.7 Å². The number of hydrogen-bond acceptors (Lipinski definition) is 3. The number of rotatable bonds is 6. The molecule has 0 aliphatic heterocycles. The van der Waals surface area contributed by atoms with Gasteiger partial charge in [0.2, 0.25) is 0 Å². The Hall–Kier alpha value is -0.410. The van der Waals surface area contributed by atoms with Gasteiger partial charge in [0.25, 0.3) is 0 Å². The third kappa shape index (κ3) is 3.76. The Labute approximate surface area is 90.8 Å². The van der Waals surface area contributed by atoms with Crippen LogP contribution in [-0.2, 0) is 6.54 Å². The van der Waals surface area contributed by atoms with Crippen LogP contribution in [0.15, 0.2) is 6.20 Å². The van der Waals surface area contributed by atoms with E-state index in [0.717, 1.165) is 6.54 Å². The second-order valence-electron chi connectivity index (χ2n) is 3.64. The summed E-state index contributed by atoms with van der Waals surface area (Å²) in [6, 6.07) is 0.657. The van der Waals surface area contributed by atoms with E-state index >= 15 is 0 Å². The molecular weight excluding hydrogens is 192 g/mol. The van der Waals surface area contributed by atoms with Gasteiger partial charge in [0.05, 0.1) is 0 Å². The molecule has 14 heavy (non-hydrogen) atoms. The van der Waals surface area contributed by atoms with Crippen LogP contribution in [0.1, 0.15) is 43.0 Å². The molecule has 1 aromatic heterocycles. The molecule has 3 heteroatoms. The van der Waals surface area contributed by atoms with Crippen LogP contribution < -0.4 is 5.32 Å². The van der Waals surface area contributed by atoms with Crippen LogP contribution >= 0.6 is 11.3 Å². The summed E-state index contributed by atoms with van der Waals surface area (Å²) in [5, 5.41) is 4.75. The van der Waals surface area contributed by atoms with Gasteiger partial charge in [0.1, 0.15) is 5.01 Å². The van der Waals surface area contributed by atoms with E-state index in [1.54, 1.807) is 11.3 Å². The Morgan fingerprint density at radius 2 is 2.29 bits per heavy atom. The monoisotopic (exact) mass is 212 g/mol. The maximum atomic E-state index is 4.34. The van der Waals surface area contributed by atoms with E-state index in [9.17, 15) is 0 Å². The molecule has 0 bridgehead atoms. The summed E-state index contributed by atoms with van der Waals surface area (Å²) in [6.45, 7) is 7.50. The molecule has 0 amide bonds. The third-order valence-corrected chi connectivity index (χ3v) is 3.25. The zero-order chi connectivity index (χ0) is 10.4. The molecule has 1 aromatic rings. The zero-order valence-electron chi connectivity index (χ0n) is 9.34. The van der Waals surface area contributed by atoms with E-state index < -0.39 is 0 Å². The van der Waals surface area contributed by atoms with E-state index in [4.69, 9.17) is 0 Å². The molecule has 0 aromatic carbocycles. The fourth-order valence-corrected chi connectivity index (χ4v) is 2.25. The molecule has 1 atom stereocenters. The summed E-state index contributed by atoms with van der Waals surface area (Å²) in [5.74, 6) is 0. The number of hydrogen-bond donors (Lipinski definition) is 1. The second kappa shape index (κ2) is 6.14. The van der Waals surface area contributed by atoms with Crippen LogP contribution in [0.4, 0.5) is 0 Å². The quantitative estimate of drug-likeness (QED) is 0.783. The number of aryl methyl sites for hydroxylation is 1. The summed E-state index contributed by atoms with van der Waals surface area (Å²) in [5.41, 5.74) is 0. The topological polar surface area (TPSA) is 24.9 Å². The van der Waals surface area contributed by atoms with E-state index in [-0.39, 0.29) is 0 Å². The van der Waals surface area contributed by atoms with Crippen LogP contribution in [0.25, 0.3) is 0 Å². The van der Waals surface area contributed by atoms with Gasteiger partial charge in [-0.2, -0.15) is 0 Å². The van der Waals surface area contributed by atoms with Crippen LogP contribution in [-0.4, -0.2) is 11.0 Å². The first-order valence-electron chi connectivity index (χ1n) is 5.41. The molecule has 0 radical (unpaired) electrons. The first-order chi connectivity index (χ1) is 6.76. The predicted molar refractivity (Wildman–Crippen MR) is 62.7 cm³/mol. The van der Waals surface area contributed by atoms with Crippen molar-refractivity contribution in [1.29, 1.82) is 0 Å². The zero-order valence-corrected chi connectivity index (χ0v) is 10.2. The van der Waals surface area contributed by atoms with E-state index in [1.165, 1.54) is 29.1 Å². The fraction of sp³-hybridized carbons (Fsp3) is 0.727. The molecular formula is C11H20N2S. The summed E-state index contributed by atoms with van der Waals surface area (Å²) in [6.07, 6.45) is 5.67. The highest BCUT2D eigenvalue weighted by atomic mass is 32.1. The van der Waals surface area contributed by atoms with Gasteiger partial charge in [-0.3, -0.25) is 0 Å². The normalized spacial score (nSPS) is 13.1. The predicted octanol–water partition coefficient (Wildman–Crippen LogP) is 3.12. The van der Waals surface area contributed by atoms with Crippen molar-refractivity contribution in [2.45, 2.75) is 52.6 Å². The summed E-state index contributed by atoms with van der Waals surface area (Å²) in [7, 11) is 0. The van der Waals surface area contributed by atoms with Crippen LogP contribution in [0, 0.1) is 6.92 Å². The second-order valence-corrected chi connectivity index (χ2v) is 4.96. The number of nitrogens with zero attached hydrogens (tertiary/aromatic N) is 1. The highest BCUT2D eigenvalue weighted by molar-refractivity contribution is 7.11. The Kier molecular flexibility index (Phi) is 5.12. The molecule has 2 nitrogen and oxygen atoms in total. The maximum Gasteiger partial charge on any atom is 0.107 e. The standard InChI is InChI=1S/C11H20N2S/c1-4-6-10(5-2)12-8-11-13-7-9(3)14-11/h7,10,12H,4-6,8H2,1-3H3. The number of nitrogens with one attached hydrogen (secondary N) is 1. The van der Waals surface area contributed by atoms with E-state index in [0.29, 0.717) is 6.04 Å². The molecule has 0 fully saturated rings. The SMILES string of the molecule is CCCC(CC)NCc1ncc(C)s1. The van der Waals surface area contributed by atoms with Crippen molar-refractivity contribution in [3.05, 3.63) is 16.1 Å². The average molecular weight is 212 g/mol. The lowest BCUT2D eigenvalue weighted by atomic mass is 10.1. The molecule has 80 valence electrons. The minimum absolute atomic E-state index is 0.657. The van der Waals surface area contributed by atoms with Crippen molar-refractivity contribution >= 4 is 11.3 Å². The lowest BCUT2D eigenvalue weighted by Gasteiger charge is -2.14. The number of aromatic nitrogens is 1. The van der Waals surface area contributed by atoms with E-state index in [1.807, 2.05) is 6.20 Å². The Morgan fingerprint density at radius 3 is 2.79 bits per heavy atom. The Balaban J connectivity index is 2.31. The van der Waals surface area contributed by atoms with Gasteiger partial charge in [0.15, 0.2) is 0 Å². The van der Waals surface area contributed by atoms with Crippen molar-refractivity contribution in [3.8, 4) is 0 Å². The van der Waals surface area contributed by atoms with Crippen molar-refractivity contribution in [1.82, 2.24) is 10.3 Å². The van der Waals surface area contributed by atoms with Gasteiger partial charge in [-0.1, -0.05) is 20.3 Å². The molecule has 1 unspecified atom stereocenters. The average Bonchev–Trinajstić information content (AvgIpc) is 2.59. The lowest BCUT2D eigenvalue weighted by molar-refractivity contribution is 0.462. The maximum absolute atomic E-state index is 4.34. The largest absolute Gasteiger partial charge is 0.308 e. The molecule has 0 saturated heterocycles. The van der Waals surface area contributed by atoms with Crippen LogP contribution in [0.2, 0.25) is 0 Å². The molecule has 0 aliphatic rings. The summed E-state index contributed by atoms with van der Waals surface area (Å²) >= 11 is 1.78. The minimum Gasteiger partial charge on any atom is -0.308 e. The van der Waals surface area contributed by atoms with Gasteiger partial charge in [-0.05, 0) is 19.8 Å². The Bertz CT molecular complexity index is 258. The van der Waals surface area contributed by atoms with Gasteiger partial charge in [-0.15, -0.1) is 11.3 Å².